The number of halogens is 3. The SMILES string of the molecule is FC(F)(F)COCc1nc2c(s1)CCCC2CNC1CC1. The number of hydrogen-bond donors (Lipinski definition) is 1. The maximum Gasteiger partial charge on any atom is 0.411 e. The average Bonchev–Trinajstić information content (AvgIpc) is 3.13. The third kappa shape index (κ3) is 4.40. The topological polar surface area (TPSA) is 34.1 Å². The van der Waals surface area contributed by atoms with Gasteiger partial charge in [0.2, 0.25) is 0 Å². The van der Waals surface area contributed by atoms with Crippen LogP contribution in [0.2, 0.25) is 0 Å². The Morgan fingerprint density at radius 2 is 2.10 bits per heavy atom. The van der Waals surface area contributed by atoms with Crippen LogP contribution in [-0.4, -0.2) is 30.4 Å². The fourth-order valence-corrected chi connectivity index (χ4v) is 3.80. The van der Waals surface area contributed by atoms with E-state index in [2.05, 4.69) is 10.3 Å². The van der Waals surface area contributed by atoms with Crippen LogP contribution in [0, 0.1) is 0 Å². The predicted octanol–water partition coefficient (Wildman–Crippen LogP) is 3.39. The number of thiazole rings is 1. The lowest BCUT2D eigenvalue weighted by Gasteiger charge is -2.21. The van der Waals surface area contributed by atoms with Gasteiger partial charge in [0.25, 0.3) is 0 Å². The van der Waals surface area contributed by atoms with Gasteiger partial charge in [-0.3, -0.25) is 0 Å². The molecule has 1 N–H and O–H groups in total. The molecule has 7 heteroatoms. The van der Waals surface area contributed by atoms with Crippen LogP contribution >= 0.6 is 11.3 Å². The number of ether oxygens (including phenoxy) is 1. The molecule has 0 spiro atoms. The second-order valence-corrected chi connectivity index (χ2v) is 6.96. The summed E-state index contributed by atoms with van der Waals surface area (Å²) in [4.78, 5) is 5.77. The molecule has 1 aromatic rings. The first-order valence-electron chi connectivity index (χ1n) is 7.37. The summed E-state index contributed by atoms with van der Waals surface area (Å²) < 4.78 is 40.9. The van der Waals surface area contributed by atoms with Crippen LogP contribution in [0.15, 0.2) is 0 Å². The fraction of sp³-hybridized carbons (Fsp3) is 0.786. The van der Waals surface area contributed by atoms with E-state index in [1.54, 1.807) is 0 Å². The maximum absolute atomic E-state index is 12.1. The molecule has 118 valence electrons. The molecule has 0 aliphatic heterocycles. The highest BCUT2D eigenvalue weighted by Crippen LogP contribution is 2.35. The van der Waals surface area contributed by atoms with E-state index in [9.17, 15) is 13.2 Å². The van der Waals surface area contributed by atoms with E-state index in [1.807, 2.05) is 0 Å². The summed E-state index contributed by atoms with van der Waals surface area (Å²) >= 11 is 1.51. The maximum atomic E-state index is 12.1. The van der Waals surface area contributed by atoms with Crippen molar-refractivity contribution in [1.82, 2.24) is 10.3 Å². The molecule has 1 atom stereocenters. The third-order valence-electron chi connectivity index (χ3n) is 3.84. The molecule has 0 aromatic carbocycles. The van der Waals surface area contributed by atoms with Crippen LogP contribution in [-0.2, 0) is 17.8 Å². The summed E-state index contributed by atoms with van der Waals surface area (Å²) in [7, 11) is 0. The van der Waals surface area contributed by atoms with Crippen molar-refractivity contribution in [3.63, 3.8) is 0 Å². The number of hydrogen-bond acceptors (Lipinski definition) is 4. The Balaban J connectivity index is 1.57. The van der Waals surface area contributed by atoms with E-state index in [1.165, 1.54) is 29.1 Å². The fourth-order valence-electron chi connectivity index (χ4n) is 2.67. The van der Waals surface area contributed by atoms with Gasteiger partial charge in [0, 0.05) is 23.4 Å². The first kappa shape index (κ1) is 15.2. The van der Waals surface area contributed by atoms with Crippen LogP contribution < -0.4 is 5.32 Å². The van der Waals surface area contributed by atoms with Gasteiger partial charge in [-0.15, -0.1) is 11.3 Å². The molecular weight excluding hydrogens is 301 g/mol. The minimum atomic E-state index is -4.27. The highest BCUT2D eigenvalue weighted by Gasteiger charge is 2.29. The summed E-state index contributed by atoms with van der Waals surface area (Å²) in [5.41, 5.74) is 1.09. The Morgan fingerprint density at radius 1 is 1.29 bits per heavy atom. The van der Waals surface area contributed by atoms with Gasteiger partial charge in [-0.2, -0.15) is 13.2 Å². The molecule has 1 unspecified atom stereocenters. The van der Waals surface area contributed by atoms with Crippen molar-refractivity contribution in [2.75, 3.05) is 13.2 Å². The predicted molar refractivity (Wildman–Crippen MR) is 74.5 cm³/mol. The Hall–Kier alpha value is -0.660. The van der Waals surface area contributed by atoms with E-state index in [0.717, 1.165) is 31.5 Å². The molecule has 0 amide bonds. The van der Waals surface area contributed by atoms with Crippen molar-refractivity contribution in [2.24, 2.45) is 0 Å². The average molecular weight is 320 g/mol. The summed E-state index contributed by atoms with van der Waals surface area (Å²) in [6.07, 6.45) is 1.48. The molecule has 0 radical (unpaired) electrons. The van der Waals surface area contributed by atoms with Crippen molar-refractivity contribution in [1.29, 1.82) is 0 Å². The van der Waals surface area contributed by atoms with Crippen molar-refractivity contribution < 1.29 is 17.9 Å². The van der Waals surface area contributed by atoms with Crippen molar-refractivity contribution in [3.8, 4) is 0 Å². The van der Waals surface area contributed by atoms with Crippen LogP contribution in [0.25, 0.3) is 0 Å². The van der Waals surface area contributed by atoms with Crippen molar-refractivity contribution in [3.05, 3.63) is 15.6 Å². The minimum Gasteiger partial charge on any atom is -0.365 e. The second-order valence-electron chi connectivity index (χ2n) is 5.80. The molecule has 1 fully saturated rings. The van der Waals surface area contributed by atoms with Crippen LogP contribution in [0.3, 0.4) is 0 Å². The molecule has 1 aromatic heterocycles. The number of alkyl halides is 3. The van der Waals surface area contributed by atoms with E-state index < -0.39 is 12.8 Å². The molecule has 0 saturated heterocycles. The van der Waals surface area contributed by atoms with Gasteiger partial charge in [-0.1, -0.05) is 0 Å². The number of aromatic nitrogens is 1. The largest absolute Gasteiger partial charge is 0.411 e. The summed E-state index contributed by atoms with van der Waals surface area (Å²) in [5, 5.41) is 4.19. The lowest BCUT2D eigenvalue weighted by Crippen LogP contribution is -2.25. The normalized spacial score (nSPS) is 22.3. The highest BCUT2D eigenvalue weighted by molar-refractivity contribution is 7.11. The minimum absolute atomic E-state index is 0.0417. The lowest BCUT2D eigenvalue weighted by atomic mass is 9.91. The zero-order valence-corrected chi connectivity index (χ0v) is 12.5. The number of rotatable bonds is 6. The molecule has 3 nitrogen and oxygen atoms in total. The monoisotopic (exact) mass is 320 g/mol. The van der Waals surface area contributed by atoms with Crippen LogP contribution in [0.5, 0.6) is 0 Å². The molecule has 2 aliphatic carbocycles. The van der Waals surface area contributed by atoms with Gasteiger partial charge in [0.1, 0.15) is 11.6 Å². The Bertz CT molecular complexity index is 485. The van der Waals surface area contributed by atoms with Gasteiger partial charge in [-0.05, 0) is 32.1 Å². The second kappa shape index (κ2) is 6.22. The molecule has 3 rings (SSSR count). The number of aryl methyl sites for hydroxylation is 1. The number of nitrogens with one attached hydrogen (secondary N) is 1. The molecule has 21 heavy (non-hydrogen) atoms. The van der Waals surface area contributed by atoms with E-state index in [-0.39, 0.29) is 6.61 Å². The van der Waals surface area contributed by atoms with E-state index in [0.29, 0.717) is 17.0 Å². The molecule has 0 bridgehead atoms. The number of nitrogens with zero attached hydrogens (tertiary/aromatic N) is 1. The van der Waals surface area contributed by atoms with Gasteiger partial charge < -0.3 is 10.1 Å². The van der Waals surface area contributed by atoms with E-state index >= 15 is 0 Å². The molecular formula is C14H19F3N2OS. The summed E-state index contributed by atoms with van der Waals surface area (Å²) in [5.74, 6) is 0.405. The van der Waals surface area contributed by atoms with Crippen molar-refractivity contribution >= 4 is 11.3 Å². The molecule has 1 saturated carbocycles. The van der Waals surface area contributed by atoms with Gasteiger partial charge in [0.05, 0.1) is 12.3 Å². The van der Waals surface area contributed by atoms with Gasteiger partial charge in [-0.25, -0.2) is 4.98 Å². The zero-order chi connectivity index (χ0) is 14.9. The number of fused-ring (bicyclic) bond motifs is 1. The lowest BCUT2D eigenvalue weighted by molar-refractivity contribution is -0.176. The smallest absolute Gasteiger partial charge is 0.365 e. The first-order valence-corrected chi connectivity index (χ1v) is 8.19. The first-order chi connectivity index (χ1) is 10.0. The Kier molecular flexibility index (Phi) is 4.51. The zero-order valence-electron chi connectivity index (χ0n) is 11.7. The van der Waals surface area contributed by atoms with Crippen LogP contribution in [0.1, 0.15) is 47.2 Å². The summed E-state index contributed by atoms with van der Waals surface area (Å²) in [6, 6.07) is 0.670. The Labute approximate surface area is 125 Å². The third-order valence-corrected chi connectivity index (χ3v) is 4.94. The summed E-state index contributed by atoms with van der Waals surface area (Å²) in [6.45, 7) is -0.311. The quantitative estimate of drug-likeness (QED) is 0.872. The van der Waals surface area contributed by atoms with E-state index in [4.69, 9.17) is 4.74 Å². The van der Waals surface area contributed by atoms with Crippen LogP contribution in [0.4, 0.5) is 13.2 Å². The molecule has 1 heterocycles. The highest BCUT2D eigenvalue weighted by atomic mass is 32.1. The van der Waals surface area contributed by atoms with Gasteiger partial charge in [0.15, 0.2) is 0 Å². The molecule has 2 aliphatic rings. The van der Waals surface area contributed by atoms with Gasteiger partial charge >= 0.3 is 6.18 Å². The van der Waals surface area contributed by atoms with Crippen molar-refractivity contribution in [2.45, 2.75) is 56.8 Å². The Morgan fingerprint density at radius 3 is 2.81 bits per heavy atom. The standard InChI is InChI=1S/C14H19F3N2OS/c15-14(16,17)8-20-7-12-19-13-9(6-18-10-4-5-10)2-1-3-11(13)21-12/h9-10,18H,1-8H2.